The molecule has 2 N–H and O–H groups in total. The topological polar surface area (TPSA) is 61.8 Å². The maximum Gasteiger partial charge on any atom is 0.407 e. The van der Waals surface area contributed by atoms with E-state index in [0.717, 1.165) is 25.1 Å². The fourth-order valence-electron chi connectivity index (χ4n) is 4.43. The number of carbonyl (C=O) groups is 1. The van der Waals surface area contributed by atoms with Gasteiger partial charge in [-0.2, -0.15) is 0 Å². The Morgan fingerprint density at radius 2 is 1.91 bits per heavy atom. The lowest BCUT2D eigenvalue weighted by Crippen LogP contribution is -2.50. The molecule has 2 aromatic rings. The Labute approximate surface area is 192 Å². The maximum absolute atomic E-state index is 12.5. The fourth-order valence-corrected chi connectivity index (χ4v) is 4.43. The zero-order valence-corrected chi connectivity index (χ0v) is 20.1. The van der Waals surface area contributed by atoms with Crippen LogP contribution in [0.15, 0.2) is 48.5 Å². The van der Waals surface area contributed by atoms with Gasteiger partial charge in [-0.25, -0.2) is 4.79 Å². The highest BCUT2D eigenvalue weighted by molar-refractivity contribution is 5.68. The molecule has 32 heavy (non-hydrogen) atoms. The van der Waals surface area contributed by atoms with Gasteiger partial charge in [0.25, 0.3) is 0 Å². The number of hydrogen-bond donors (Lipinski definition) is 2. The van der Waals surface area contributed by atoms with Crippen LogP contribution in [0.1, 0.15) is 49.9 Å². The molecule has 1 aliphatic heterocycles. The highest BCUT2D eigenvalue weighted by Gasteiger charge is 2.28. The van der Waals surface area contributed by atoms with Crippen LogP contribution in [0.2, 0.25) is 0 Å². The Morgan fingerprint density at radius 1 is 1.19 bits per heavy atom. The lowest BCUT2D eigenvalue weighted by molar-refractivity contribution is 0.0350. The second-order valence-electron chi connectivity index (χ2n) is 10.3. The van der Waals surface area contributed by atoms with Crippen LogP contribution in [-0.4, -0.2) is 46.9 Å². The van der Waals surface area contributed by atoms with Crippen LogP contribution in [0.3, 0.4) is 0 Å². The highest BCUT2D eigenvalue weighted by atomic mass is 16.6. The van der Waals surface area contributed by atoms with Gasteiger partial charge in [0, 0.05) is 19.6 Å². The molecule has 0 aliphatic carbocycles. The number of aryl methyl sites for hydroxylation is 1. The summed E-state index contributed by atoms with van der Waals surface area (Å²) in [7, 11) is 0. The predicted molar refractivity (Wildman–Crippen MR) is 129 cm³/mol. The van der Waals surface area contributed by atoms with Gasteiger partial charge >= 0.3 is 6.09 Å². The molecule has 0 spiro atoms. The molecule has 1 aliphatic rings. The molecule has 3 atom stereocenters. The van der Waals surface area contributed by atoms with E-state index in [1.54, 1.807) is 0 Å². The van der Waals surface area contributed by atoms with Crippen LogP contribution >= 0.6 is 0 Å². The highest BCUT2D eigenvalue weighted by Crippen LogP contribution is 2.23. The van der Waals surface area contributed by atoms with Crippen LogP contribution in [0.25, 0.3) is 0 Å². The first-order valence-corrected chi connectivity index (χ1v) is 11.6. The van der Waals surface area contributed by atoms with Gasteiger partial charge < -0.3 is 15.2 Å². The Balaban J connectivity index is 1.74. The minimum atomic E-state index is -0.721. The molecule has 5 heteroatoms. The zero-order chi connectivity index (χ0) is 23.3. The van der Waals surface area contributed by atoms with E-state index < -0.39 is 23.8 Å². The summed E-state index contributed by atoms with van der Waals surface area (Å²) in [6.45, 7) is 12.1. The monoisotopic (exact) mass is 438 g/mol. The van der Waals surface area contributed by atoms with Crippen molar-refractivity contribution in [2.24, 2.45) is 5.92 Å². The third-order valence-corrected chi connectivity index (χ3v) is 5.80. The van der Waals surface area contributed by atoms with Crippen molar-refractivity contribution in [1.29, 1.82) is 0 Å². The van der Waals surface area contributed by atoms with Gasteiger partial charge in [-0.1, -0.05) is 61.0 Å². The molecule has 1 amide bonds. The first kappa shape index (κ1) is 24.3. The number of aliphatic hydroxyl groups excluding tert-OH is 1. The summed E-state index contributed by atoms with van der Waals surface area (Å²) in [5.41, 5.74) is 4.47. The normalized spacial score (nSPS) is 18.9. The molecule has 0 unspecified atom stereocenters. The molecular weight excluding hydrogens is 400 g/mol. The molecule has 0 bridgehead atoms. The molecule has 1 heterocycles. The second kappa shape index (κ2) is 10.5. The Bertz CT molecular complexity index is 892. The van der Waals surface area contributed by atoms with Gasteiger partial charge in [0.05, 0.1) is 12.1 Å². The number of amides is 1. The van der Waals surface area contributed by atoms with E-state index in [0.29, 0.717) is 18.9 Å². The quantitative estimate of drug-likeness (QED) is 0.698. The van der Waals surface area contributed by atoms with Gasteiger partial charge in [-0.15, -0.1) is 0 Å². The molecule has 5 nitrogen and oxygen atoms in total. The van der Waals surface area contributed by atoms with Gasteiger partial charge in [-0.3, -0.25) is 4.90 Å². The zero-order valence-electron chi connectivity index (χ0n) is 20.1. The van der Waals surface area contributed by atoms with E-state index in [2.05, 4.69) is 42.3 Å². The summed E-state index contributed by atoms with van der Waals surface area (Å²) < 4.78 is 5.47. The molecule has 0 radical (unpaired) electrons. The minimum absolute atomic E-state index is 0.442. The summed E-state index contributed by atoms with van der Waals surface area (Å²) >= 11 is 0. The van der Waals surface area contributed by atoms with E-state index >= 15 is 0 Å². The van der Waals surface area contributed by atoms with Crippen molar-refractivity contribution in [2.45, 2.75) is 71.8 Å². The Hall–Kier alpha value is -2.37. The van der Waals surface area contributed by atoms with Gasteiger partial charge in [0.1, 0.15) is 5.60 Å². The van der Waals surface area contributed by atoms with E-state index in [-0.39, 0.29) is 0 Å². The summed E-state index contributed by atoms with van der Waals surface area (Å²) in [5, 5.41) is 14.2. The van der Waals surface area contributed by atoms with Crippen LogP contribution in [0, 0.1) is 12.8 Å². The third kappa shape index (κ3) is 7.35. The summed E-state index contributed by atoms with van der Waals surface area (Å²) in [5.74, 6) is 0.498. The van der Waals surface area contributed by atoms with Gasteiger partial charge in [-0.05, 0) is 63.1 Å². The molecule has 3 rings (SSSR count). The average molecular weight is 439 g/mol. The number of carbonyl (C=O) groups excluding carboxylic acids is 1. The predicted octanol–water partition coefficient (Wildman–Crippen LogP) is 4.49. The largest absolute Gasteiger partial charge is 0.444 e. The number of hydrogen-bond acceptors (Lipinski definition) is 4. The molecule has 0 saturated carbocycles. The SMILES string of the molecule is Cc1ccc2c(c1)CN(C[C@@H](O)[C@H](Cc1ccccc1)NC(=O)OC(C)(C)C)C[C@@H](C)C2. The van der Waals surface area contributed by atoms with Crippen molar-refractivity contribution >= 4 is 6.09 Å². The molecule has 174 valence electrons. The lowest BCUT2D eigenvalue weighted by atomic mass is 9.97. The molecule has 0 saturated heterocycles. The number of aliphatic hydroxyl groups is 1. The first-order valence-electron chi connectivity index (χ1n) is 11.6. The van der Waals surface area contributed by atoms with Crippen LogP contribution in [0.4, 0.5) is 4.79 Å². The first-order chi connectivity index (χ1) is 15.1. The van der Waals surface area contributed by atoms with E-state index in [1.807, 2.05) is 51.1 Å². The number of alkyl carbamates (subject to hydrolysis) is 1. The average Bonchev–Trinajstić information content (AvgIpc) is 2.83. The van der Waals surface area contributed by atoms with Crippen molar-refractivity contribution in [3.05, 3.63) is 70.8 Å². The van der Waals surface area contributed by atoms with Crippen molar-refractivity contribution in [3.8, 4) is 0 Å². The lowest BCUT2D eigenvalue weighted by Gasteiger charge is -2.31. The third-order valence-electron chi connectivity index (χ3n) is 5.80. The molecule has 0 aromatic heterocycles. The number of ether oxygens (including phenoxy) is 1. The smallest absolute Gasteiger partial charge is 0.407 e. The molecule has 2 aromatic carbocycles. The van der Waals surface area contributed by atoms with Crippen molar-refractivity contribution < 1.29 is 14.6 Å². The molecule has 0 fully saturated rings. The maximum atomic E-state index is 12.5. The van der Waals surface area contributed by atoms with Crippen LogP contribution < -0.4 is 5.32 Å². The molecular formula is C27H38N2O3. The van der Waals surface area contributed by atoms with Gasteiger partial charge in [0.15, 0.2) is 0 Å². The number of fused-ring (bicyclic) bond motifs is 1. The van der Waals surface area contributed by atoms with E-state index in [4.69, 9.17) is 4.74 Å². The van der Waals surface area contributed by atoms with Crippen molar-refractivity contribution in [2.75, 3.05) is 13.1 Å². The second-order valence-corrected chi connectivity index (χ2v) is 10.3. The van der Waals surface area contributed by atoms with E-state index in [1.165, 1.54) is 16.7 Å². The van der Waals surface area contributed by atoms with Crippen molar-refractivity contribution in [3.63, 3.8) is 0 Å². The standard InChI is InChI=1S/C27H38N2O3/c1-19-11-12-22-14-20(2)16-29(17-23(22)13-19)18-25(30)24(15-21-9-7-6-8-10-21)28-26(31)32-27(3,4)5/h6-13,20,24-25,30H,14-18H2,1-5H3,(H,28,31)/t20-,24-,25+/m0/s1. The van der Waals surface area contributed by atoms with Gasteiger partial charge in [0.2, 0.25) is 0 Å². The Kier molecular flexibility index (Phi) is 7.96. The minimum Gasteiger partial charge on any atom is -0.444 e. The van der Waals surface area contributed by atoms with Crippen LogP contribution in [-0.2, 0) is 24.1 Å². The number of β-amino-alcohol motifs (C(OH)–C–C–N with tert-alkyl or cyclic N) is 1. The summed E-state index contributed by atoms with van der Waals surface area (Å²) in [6.07, 6.45) is 0.371. The van der Waals surface area contributed by atoms with E-state index in [9.17, 15) is 9.90 Å². The summed E-state index contributed by atoms with van der Waals surface area (Å²) in [6, 6.07) is 16.2. The number of nitrogens with zero attached hydrogens (tertiary/aromatic N) is 1. The Morgan fingerprint density at radius 3 is 2.59 bits per heavy atom. The number of rotatable bonds is 6. The number of benzene rings is 2. The van der Waals surface area contributed by atoms with Crippen LogP contribution in [0.5, 0.6) is 0 Å². The number of nitrogens with one attached hydrogen (secondary N) is 1. The van der Waals surface area contributed by atoms with Crippen molar-refractivity contribution in [1.82, 2.24) is 10.2 Å². The summed E-state index contributed by atoms with van der Waals surface area (Å²) in [4.78, 5) is 14.8. The fraction of sp³-hybridized carbons (Fsp3) is 0.519.